The molecule has 0 amide bonds. The highest BCUT2D eigenvalue weighted by Crippen LogP contribution is 2.00. The van der Waals surface area contributed by atoms with E-state index in [4.69, 9.17) is 5.73 Å². The minimum Gasteiger partial charge on any atom is -0.398 e. The lowest BCUT2D eigenvalue weighted by atomic mass is 10.3. The second-order valence-electron chi connectivity index (χ2n) is 4.64. The third-order valence-electron chi connectivity index (χ3n) is 3.26. The van der Waals surface area contributed by atoms with Gasteiger partial charge >= 0.3 is 0 Å². The van der Waals surface area contributed by atoms with Gasteiger partial charge in [-0.25, -0.2) is 0 Å². The summed E-state index contributed by atoms with van der Waals surface area (Å²) < 4.78 is 1.69. The van der Waals surface area contributed by atoms with Crippen molar-refractivity contribution in [3.05, 3.63) is 28.7 Å². The largest absolute Gasteiger partial charge is 0.398 e. The topological polar surface area (TPSA) is 54.5 Å². The second-order valence-corrected chi connectivity index (χ2v) is 4.64. The summed E-state index contributed by atoms with van der Waals surface area (Å²) in [5, 5.41) is 0. The van der Waals surface area contributed by atoms with Crippen LogP contribution in [-0.2, 0) is 6.54 Å². The van der Waals surface area contributed by atoms with E-state index in [0.29, 0.717) is 12.2 Å². The summed E-state index contributed by atoms with van der Waals surface area (Å²) in [7, 11) is 2.14. The highest BCUT2D eigenvalue weighted by molar-refractivity contribution is 5.33. The van der Waals surface area contributed by atoms with Crippen LogP contribution in [0, 0.1) is 0 Å². The SMILES string of the molecule is CN1CCN(CCn2cc(N)ccc2=O)CC1. The van der Waals surface area contributed by atoms with Crippen molar-refractivity contribution in [1.29, 1.82) is 0 Å². The molecule has 1 aliphatic rings. The number of aromatic nitrogens is 1. The van der Waals surface area contributed by atoms with Crippen LogP contribution in [0.2, 0.25) is 0 Å². The van der Waals surface area contributed by atoms with Gasteiger partial charge in [-0.3, -0.25) is 9.69 Å². The minimum absolute atomic E-state index is 0.0216. The van der Waals surface area contributed by atoms with Crippen molar-refractivity contribution < 1.29 is 0 Å². The van der Waals surface area contributed by atoms with E-state index >= 15 is 0 Å². The van der Waals surface area contributed by atoms with Gasteiger partial charge in [0.2, 0.25) is 0 Å². The molecule has 0 spiro atoms. The molecule has 0 aromatic carbocycles. The van der Waals surface area contributed by atoms with Crippen molar-refractivity contribution in [3.63, 3.8) is 0 Å². The van der Waals surface area contributed by atoms with Gasteiger partial charge in [0.1, 0.15) is 0 Å². The van der Waals surface area contributed by atoms with Crippen LogP contribution in [0.25, 0.3) is 0 Å². The molecule has 5 nitrogen and oxygen atoms in total. The Hall–Kier alpha value is -1.33. The van der Waals surface area contributed by atoms with E-state index in [1.54, 1.807) is 16.8 Å². The Morgan fingerprint density at radius 3 is 2.59 bits per heavy atom. The Labute approximate surface area is 101 Å². The van der Waals surface area contributed by atoms with Crippen molar-refractivity contribution in [3.8, 4) is 0 Å². The number of hydrogen-bond donors (Lipinski definition) is 1. The number of nitrogen functional groups attached to an aromatic ring is 1. The van der Waals surface area contributed by atoms with Gasteiger partial charge in [-0.05, 0) is 13.1 Å². The highest BCUT2D eigenvalue weighted by Gasteiger charge is 2.13. The maximum absolute atomic E-state index is 11.6. The lowest BCUT2D eigenvalue weighted by Gasteiger charge is -2.32. The van der Waals surface area contributed by atoms with Crippen molar-refractivity contribution in [1.82, 2.24) is 14.4 Å². The van der Waals surface area contributed by atoms with Gasteiger partial charge in [0.15, 0.2) is 0 Å². The number of nitrogens with two attached hydrogens (primary N) is 1. The lowest BCUT2D eigenvalue weighted by molar-refractivity contribution is 0.150. The molecule has 0 saturated carbocycles. The third-order valence-corrected chi connectivity index (χ3v) is 3.26. The van der Waals surface area contributed by atoms with Crippen LogP contribution in [0.3, 0.4) is 0 Å². The van der Waals surface area contributed by atoms with Gasteiger partial charge in [-0.2, -0.15) is 0 Å². The van der Waals surface area contributed by atoms with Gasteiger partial charge in [-0.15, -0.1) is 0 Å². The summed E-state index contributed by atoms with van der Waals surface area (Å²) in [5.41, 5.74) is 6.34. The summed E-state index contributed by atoms with van der Waals surface area (Å²) in [6.07, 6.45) is 1.72. The van der Waals surface area contributed by atoms with E-state index in [1.807, 2.05) is 0 Å². The maximum Gasteiger partial charge on any atom is 0.250 e. The standard InChI is InChI=1S/C12H20N4O/c1-14-4-6-15(7-5-14)8-9-16-10-11(13)2-3-12(16)17/h2-3,10H,4-9,13H2,1H3. The first kappa shape index (κ1) is 12.1. The molecule has 2 heterocycles. The normalized spacial score (nSPS) is 18.4. The molecule has 1 fully saturated rings. The Morgan fingerprint density at radius 2 is 1.88 bits per heavy atom. The van der Waals surface area contributed by atoms with Gasteiger partial charge in [0, 0.05) is 57.2 Å². The average Bonchev–Trinajstić information content (AvgIpc) is 2.32. The van der Waals surface area contributed by atoms with Crippen LogP contribution in [0.15, 0.2) is 23.1 Å². The molecule has 0 bridgehead atoms. The molecule has 0 radical (unpaired) electrons. The Morgan fingerprint density at radius 1 is 1.18 bits per heavy atom. The van der Waals surface area contributed by atoms with Crippen LogP contribution in [0.1, 0.15) is 0 Å². The van der Waals surface area contributed by atoms with Crippen LogP contribution in [0.4, 0.5) is 5.69 Å². The molecule has 1 aliphatic heterocycles. The number of piperazine rings is 1. The fourth-order valence-electron chi connectivity index (χ4n) is 2.05. The quantitative estimate of drug-likeness (QED) is 0.781. The molecular formula is C12H20N4O. The number of anilines is 1. The average molecular weight is 236 g/mol. The predicted octanol–water partition coefficient (Wildman–Crippen LogP) is -0.322. The zero-order valence-electron chi connectivity index (χ0n) is 10.3. The number of hydrogen-bond acceptors (Lipinski definition) is 4. The van der Waals surface area contributed by atoms with Crippen molar-refractivity contribution in [2.24, 2.45) is 0 Å². The van der Waals surface area contributed by atoms with Crippen molar-refractivity contribution >= 4 is 5.69 Å². The smallest absolute Gasteiger partial charge is 0.250 e. The lowest BCUT2D eigenvalue weighted by Crippen LogP contribution is -2.45. The zero-order valence-corrected chi connectivity index (χ0v) is 10.3. The molecule has 0 unspecified atom stereocenters. The molecule has 5 heteroatoms. The number of nitrogens with zero attached hydrogens (tertiary/aromatic N) is 3. The highest BCUT2D eigenvalue weighted by atomic mass is 16.1. The minimum atomic E-state index is 0.0216. The van der Waals surface area contributed by atoms with Crippen molar-refractivity contribution in [2.75, 3.05) is 45.5 Å². The van der Waals surface area contributed by atoms with Gasteiger partial charge < -0.3 is 15.2 Å². The molecule has 0 aliphatic carbocycles. The Kier molecular flexibility index (Phi) is 3.81. The third kappa shape index (κ3) is 3.31. The first-order chi connectivity index (χ1) is 8.15. The molecule has 2 rings (SSSR count). The molecule has 1 aromatic rings. The van der Waals surface area contributed by atoms with E-state index in [0.717, 1.165) is 32.7 Å². The van der Waals surface area contributed by atoms with Crippen LogP contribution < -0.4 is 11.3 Å². The number of likely N-dealkylation sites (N-methyl/N-ethyl adjacent to an activating group) is 1. The van der Waals surface area contributed by atoms with Crippen LogP contribution >= 0.6 is 0 Å². The second kappa shape index (κ2) is 5.33. The number of pyridine rings is 1. The van der Waals surface area contributed by atoms with Crippen LogP contribution in [0.5, 0.6) is 0 Å². The van der Waals surface area contributed by atoms with E-state index in [2.05, 4.69) is 16.8 Å². The van der Waals surface area contributed by atoms with Gasteiger partial charge in [0.05, 0.1) is 0 Å². The summed E-state index contributed by atoms with van der Waals surface area (Å²) in [4.78, 5) is 16.3. The summed E-state index contributed by atoms with van der Waals surface area (Å²) in [6, 6.07) is 3.17. The van der Waals surface area contributed by atoms with Gasteiger partial charge in [0.25, 0.3) is 5.56 Å². The fraction of sp³-hybridized carbons (Fsp3) is 0.583. The van der Waals surface area contributed by atoms with Crippen LogP contribution in [-0.4, -0.2) is 54.1 Å². The number of rotatable bonds is 3. The first-order valence-electron chi connectivity index (χ1n) is 6.02. The van der Waals surface area contributed by atoms with E-state index in [-0.39, 0.29) is 5.56 Å². The molecule has 2 N–H and O–H groups in total. The summed E-state index contributed by atoms with van der Waals surface area (Å²) in [5.74, 6) is 0. The zero-order chi connectivity index (χ0) is 12.3. The maximum atomic E-state index is 11.6. The monoisotopic (exact) mass is 236 g/mol. The molecule has 1 aromatic heterocycles. The van der Waals surface area contributed by atoms with Gasteiger partial charge in [-0.1, -0.05) is 0 Å². The summed E-state index contributed by atoms with van der Waals surface area (Å²) >= 11 is 0. The Bertz CT molecular complexity index is 421. The molecule has 17 heavy (non-hydrogen) atoms. The summed E-state index contributed by atoms with van der Waals surface area (Å²) in [6.45, 7) is 5.99. The first-order valence-corrected chi connectivity index (χ1v) is 6.02. The molecular weight excluding hydrogens is 216 g/mol. The molecule has 0 atom stereocenters. The van der Waals surface area contributed by atoms with E-state index in [1.165, 1.54) is 6.07 Å². The molecule has 94 valence electrons. The Balaban J connectivity index is 1.89. The molecule has 1 saturated heterocycles. The van der Waals surface area contributed by atoms with E-state index in [9.17, 15) is 4.79 Å². The van der Waals surface area contributed by atoms with E-state index < -0.39 is 0 Å². The fourth-order valence-corrected chi connectivity index (χ4v) is 2.05. The predicted molar refractivity (Wildman–Crippen MR) is 69.1 cm³/mol. The van der Waals surface area contributed by atoms with Crippen molar-refractivity contribution in [2.45, 2.75) is 6.54 Å².